The lowest BCUT2D eigenvalue weighted by Crippen LogP contribution is -2.45. The number of hydrogen-bond donors (Lipinski definition) is 0. The van der Waals surface area contributed by atoms with E-state index in [1.54, 1.807) is 4.57 Å². The van der Waals surface area contributed by atoms with Crippen molar-refractivity contribution in [2.45, 2.75) is 82.3 Å². The molecule has 3 nitrogen and oxygen atoms in total. The Hall–Kier alpha value is -4.99. The van der Waals surface area contributed by atoms with Gasteiger partial charge in [-0.15, -0.1) is 0 Å². The molecule has 0 saturated heterocycles. The normalized spacial score (nSPS) is 16.8. The Morgan fingerprint density at radius 1 is 0.586 bits per heavy atom. The number of aryl methyl sites for hydroxylation is 1. The van der Waals surface area contributed by atoms with E-state index in [2.05, 4.69) is 112 Å². The van der Waals surface area contributed by atoms with Crippen LogP contribution in [0.15, 0.2) is 97.1 Å². The van der Waals surface area contributed by atoms with Crippen LogP contribution in [0.4, 0.5) is 22.0 Å². The Bertz CT molecular complexity index is 2720. The van der Waals surface area contributed by atoms with Gasteiger partial charge in [-0.05, 0) is 61.6 Å². The molecule has 0 saturated carbocycles. The molecule has 3 atom stereocenters. The van der Waals surface area contributed by atoms with Gasteiger partial charge in [0.2, 0.25) is 5.82 Å². The topological polar surface area (TPSA) is 19.1 Å². The molecule has 0 N–H and O–H groups in total. The molecule has 7 aromatic rings. The molecule has 0 bridgehead atoms. The van der Waals surface area contributed by atoms with Crippen molar-refractivity contribution < 1.29 is 26.7 Å². The van der Waals surface area contributed by atoms with Crippen molar-refractivity contribution >= 4 is 29.9 Å². The van der Waals surface area contributed by atoms with Crippen LogP contribution in [0.5, 0.6) is 0 Å². The third-order valence-corrected chi connectivity index (χ3v) is 18.1. The fraction of sp³-hybridized carbons (Fsp3) is 0.306. The highest BCUT2D eigenvalue weighted by molar-refractivity contribution is 6.83. The van der Waals surface area contributed by atoms with Gasteiger partial charge in [-0.2, -0.15) is 0 Å². The number of rotatable bonds is 11. The first-order valence-electron chi connectivity index (χ1n) is 20.3. The summed E-state index contributed by atoms with van der Waals surface area (Å²) in [4.78, 5) is 0. The second-order valence-corrected chi connectivity index (χ2v) is 22.1. The standard InChI is InChI=1S/C49H47F5N2OSi/c1-49(2,3)57-26-16-6-7-17-27-58(5,47-31-20-10-8-18-29(31)45-38(47)33-22-12-14-24-36(33)55(45)4)48-32-21-11-9-19-30(32)46-39(48)34-23-13-15-25-37(34)56(46)28-35-40(50)42(52)44(54)43(53)41(35)51/h8-15,18-25,47-48H,6-7,16-17,26-28H2,1-5H3. The minimum absolute atomic E-state index is 0.0477. The van der Waals surface area contributed by atoms with Gasteiger partial charge in [0.05, 0.1) is 31.6 Å². The summed E-state index contributed by atoms with van der Waals surface area (Å²) in [5, 5.41) is 2.18. The van der Waals surface area contributed by atoms with Crippen molar-refractivity contribution in [1.29, 1.82) is 0 Å². The zero-order valence-electron chi connectivity index (χ0n) is 33.5. The summed E-state index contributed by atoms with van der Waals surface area (Å²) in [7, 11) is -0.548. The van der Waals surface area contributed by atoms with Crippen LogP contribution >= 0.6 is 0 Å². The molecule has 2 aromatic heterocycles. The Balaban J connectivity index is 1.26. The summed E-state index contributed by atoms with van der Waals surface area (Å²) >= 11 is 0. The van der Waals surface area contributed by atoms with E-state index in [9.17, 15) is 13.2 Å². The zero-order valence-corrected chi connectivity index (χ0v) is 34.5. The van der Waals surface area contributed by atoms with Crippen LogP contribution in [-0.4, -0.2) is 29.4 Å². The van der Waals surface area contributed by atoms with E-state index in [0.717, 1.165) is 66.1 Å². The summed E-state index contributed by atoms with van der Waals surface area (Å²) in [6.07, 6.45) is 4.11. The van der Waals surface area contributed by atoms with E-state index in [4.69, 9.17) is 4.74 Å². The van der Waals surface area contributed by atoms with E-state index in [1.807, 2.05) is 24.3 Å². The smallest absolute Gasteiger partial charge is 0.200 e. The summed E-state index contributed by atoms with van der Waals surface area (Å²) in [5.74, 6) is -9.63. The molecule has 5 aromatic carbocycles. The summed E-state index contributed by atoms with van der Waals surface area (Å²) in [6, 6.07) is 34.5. The average Bonchev–Trinajstić information content (AvgIpc) is 3.93. The zero-order chi connectivity index (χ0) is 40.7. The van der Waals surface area contributed by atoms with Crippen molar-refractivity contribution in [3.63, 3.8) is 0 Å². The maximum absolute atomic E-state index is 15.5. The number of fused-ring (bicyclic) bond motifs is 10. The van der Waals surface area contributed by atoms with Gasteiger partial charge in [-0.3, -0.25) is 0 Å². The number of benzene rings is 5. The number of aromatic nitrogens is 2. The lowest BCUT2D eigenvalue weighted by atomic mass is 10.1. The molecule has 0 aliphatic heterocycles. The molecule has 2 aliphatic carbocycles. The number of nitrogens with zero attached hydrogens (tertiary/aromatic N) is 2. The monoisotopic (exact) mass is 802 g/mol. The number of ether oxygens (including phenoxy) is 1. The van der Waals surface area contributed by atoms with Gasteiger partial charge in [0.15, 0.2) is 23.3 Å². The Morgan fingerprint density at radius 3 is 1.69 bits per heavy atom. The van der Waals surface area contributed by atoms with Crippen molar-refractivity contribution in [2.24, 2.45) is 7.05 Å². The first-order chi connectivity index (χ1) is 27.8. The molecule has 58 heavy (non-hydrogen) atoms. The lowest BCUT2D eigenvalue weighted by molar-refractivity contribution is -0.00471. The number of unbranched alkanes of at least 4 members (excludes halogenated alkanes) is 3. The highest BCUT2D eigenvalue weighted by atomic mass is 28.3. The minimum atomic E-state index is -2.71. The van der Waals surface area contributed by atoms with E-state index in [0.29, 0.717) is 5.52 Å². The van der Waals surface area contributed by atoms with E-state index in [1.165, 1.54) is 33.3 Å². The van der Waals surface area contributed by atoms with Crippen LogP contribution in [0.25, 0.3) is 44.3 Å². The highest BCUT2D eigenvalue weighted by Gasteiger charge is 2.54. The van der Waals surface area contributed by atoms with E-state index >= 15 is 8.78 Å². The summed E-state index contributed by atoms with van der Waals surface area (Å²) < 4.78 is 84.9. The lowest BCUT2D eigenvalue weighted by Gasteiger charge is -2.41. The van der Waals surface area contributed by atoms with Crippen LogP contribution < -0.4 is 0 Å². The molecule has 2 heterocycles. The first kappa shape index (κ1) is 38.5. The van der Waals surface area contributed by atoms with Crippen LogP contribution in [0.1, 0.15) is 85.4 Å². The van der Waals surface area contributed by atoms with E-state index < -0.39 is 49.3 Å². The third kappa shape index (κ3) is 5.90. The third-order valence-electron chi connectivity index (χ3n) is 12.9. The fourth-order valence-electron chi connectivity index (χ4n) is 10.5. The van der Waals surface area contributed by atoms with Gasteiger partial charge in [-0.25, -0.2) is 22.0 Å². The maximum Gasteiger partial charge on any atom is 0.200 e. The molecular weight excluding hydrogens is 756 g/mol. The van der Waals surface area contributed by atoms with Crippen molar-refractivity contribution in [1.82, 2.24) is 9.13 Å². The molecule has 3 unspecified atom stereocenters. The maximum atomic E-state index is 15.5. The van der Waals surface area contributed by atoms with Crippen LogP contribution in [0.3, 0.4) is 0 Å². The number of halogens is 5. The highest BCUT2D eigenvalue weighted by Crippen LogP contribution is 2.62. The van der Waals surface area contributed by atoms with Gasteiger partial charge < -0.3 is 13.9 Å². The Kier molecular flexibility index (Phi) is 9.55. The van der Waals surface area contributed by atoms with Gasteiger partial charge in [0.25, 0.3) is 0 Å². The molecule has 0 amide bonds. The molecule has 2 aliphatic rings. The Labute approximate surface area is 337 Å². The number of para-hydroxylation sites is 2. The predicted molar refractivity (Wildman–Crippen MR) is 225 cm³/mol. The largest absolute Gasteiger partial charge is 0.376 e. The molecule has 0 spiro atoms. The molecule has 9 heteroatoms. The van der Waals surface area contributed by atoms with Crippen molar-refractivity contribution in [3.05, 3.63) is 154 Å². The second kappa shape index (κ2) is 14.4. The van der Waals surface area contributed by atoms with E-state index in [-0.39, 0.29) is 16.7 Å². The average molecular weight is 803 g/mol. The molecule has 298 valence electrons. The summed E-state index contributed by atoms with van der Waals surface area (Å²) in [5.41, 5.74) is 10.1. The van der Waals surface area contributed by atoms with Crippen molar-refractivity contribution in [2.75, 3.05) is 6.61 Å². The SMILES string of the molecule is Cn1c2c(c3ccccc31)C([Si](C)(CCCCCCOC(C)(C)C)C1c3ccccc3-c3c1c1ccccc1n3Cc1c(F)c(F)c(F)c(F)c1F)c1ccccc1-2. The van der Waals surface area contributed by atoms with Crippen LogP contribution in [-0.2, 0) is 18.3 Å². The van der Waals surface area contributed by atoms with Crippen molar-refractivity contribution in [3.8, 4) is 22.5 Å². The second-order valence-electron chi connectivity index (χ2n) is 17.4. The van der Waals surface area contributed by atoms with Crippen LogP contribution in [0.2, 0.25) is 12.6 Å². The quantitative estimate of drug-likeness (QED) is 0.0419. The molecule has 0 radical (unpaired) electrons. The fourth-order valence-corrected chi connectivity index (χ4v) is 16.2. The molecular formula is C49H47F5N2OSi. The predicted octanol–water partition coefficient (Wildman–Crippen LogP) is 13.3. The Morgan fingerprint density at radius 2 is 1.07 bits per heavy atom. The summed E-state index contributed by atoms with van der Waals surface area (Å²) in [6.45, 7) is 9.00. The minimum Gasteiger partial charge on any atom is -0.376 e. The molecule has 9 rings (SSSR count). The van der Waals surface area contributed by atoms with Gasteiger partial charge in [0, 0.05) is 63.2 Å². The first-order valence-corrected chi connectivity index (χ1v) is 23.2. The van der Waals surface area contributed by atoms with Gasteiger partial charge >= 0.3 is 0 Å². The number of hydrogen-bond acceptors (Lipinski definition) is 1. The van der Waals surface area contributed by atoms with Gasteiger partial charge in [-0.1, -0.05) is 117 Å². The van der Waals surface area contributed by atoms with Crippen LogP contribution in [0, 0.1) is 29.1 Å². The molecule has 0 fully saturated rings. The van der Waals surface area contributed by atoms with Gasteiger partial charge in [0.1, 0.15) is 0 Å².